The molecule has 21 heavy (non-hydrogen) atoms. The summed E-state index contributed by atoms with van der Waals surface area (Å²) in [6, 6.07) is 0.197. The van der Waals surface area contributed by atoms with Crippen LogP contribution in [0, 0.1) is 0 Å². The summed E-state index contributed by atoms with van der Waals surface area (Å²) in [5, 5.41) is 9.66. The van der Waals surface area contributed by atoms with Crippen molar-refractivity contribution in [3.63, 3.8) is 0 Å². The Hall–Kier alpha value is -1.63. The highest BCUT2D eigenvalue weighted by Gasteiger charge is 2.16. The Morgan fingerprint density at radius 3 is 2.90 bits per heavy atom. The lowest BCUT2D eigenvalue weighted by atomic mass is 9.96. The fourth-order valence-electron chi connectivity index (χ4n) is 2.41. The molecular formula is C14H24N4O3. The Labute approximate surface area is 124 Å². The van der Waals surface area contributed by atoms with Gasteiger partial charge < -0.3 is 19.9 Å². The molecule has 2 amide bonds. The zero-order valence-corrected chi connectivity index (χ0v) is 12.7. The smallest absolute Gasteiger partial charge is 0.315 e. The third-order valence-electron chi connectivity index (χ3n) is 3.77. The fourth-order valence-corrected chi connectivity index (χ4v) is 2.41. The number of nitrogens with one attached hydrogen (secondary N) is 2. The van der Waals surface area contributed by atoms with Crippen molar-refractivity contribution in [2.75, 3.05) is 13.7 Å². The average Bonchev–Trinajstić information content (AvgIpc) is 2.96. The number of hydrogen-bond donors (Lipinski definition) is 2. The van der Waals surface area contributed by atoms with E-state index in [1.807, 2.05) is 6.92 Å². The van der Waals surface area contributed by atoms with E-state index >= 15 is 0 Å². The maximum absolute atomic E-state index is 11.8. The van der Waals surface area contributed by atoms with Gasteiger partial charge in [-0.15, -0.1) is 0 Å². The fraction of sp³-hybridized carbons (Fsp3) is 0.786. The number of nitrogens with zero attached hydrogens (tertiary/aromatic N) is 2. The van der Waals surface area contributed by atoms with Gasteiger partial charge in [-0.25, -0.2) is 4.79 Å². The van der Waals surface area contributed by atoms with Gasteiger partial charge in [-0.05, 0) is 19.8 Å². The van der Waals surface area contributed by atoms with Crippen LogP contribution in [0.3, 0.4) is 0 Å². The monoisotopic (exact) mass is 296 g/mol. The molecule has 1 atom stereocenters. The van der Waals surface area contributed by atoms with Gasteiger partial charge >= 0.3 is 6.03 Å². The lowest BCUT2D eigenvalue weighted by Crippen LogP contribution is -2.43. The van der Waals surface area contributed by atoms with E-state index in [0.29, 0.717) is 30.7 Å². The van der Waals surface area contributed by atoms with Crippen LogP contribution in [-0.4, -0.2) is 35.9 Å². The molecular weight excluding hydrogens is 272 g/mol. The second kappa shape index (κ2) is 7.97. The lowest BCUT2D eigenvalue weighted by Gasteiger charge is -2.22. The molecule has 2 rings (SSSR count). The number of hydrogen-bond acceptors (Lipinski definition) is 5. The molecule has 1 aliphatic rings. The summed E-state index contributed by atoms with van der Waals surface area (Å²) in [6.07, 6.45) is 6.16. The highest BCUT2D eigenvalue weighted by atomic mass is 16.5. The summed E-state index contributed by atoms with van der Waals surface area (Å²) < 4.78 is 10.2. The van der Waals surface area contributed by atoms with E-state index in [-0.39, 0.29) is 12.1 Å². The Morgan fingerprint density at radius 2 is 2.19 bits per heavy atom. The third kappa shape index (κ3) is 5.00. The first-order valence-corrected chi connectivity index (χ1v) is 7.58. The number of carbonyl (C=O) groups excluding carboxylic acids is 1. The van der Waals surface area contributed by atoms with Crippen molar-refractivity contribution in [2.24, 2.45) is 0 Å². The maximum atomic E-state index is 11.8. The van der Waals surface area contributed by atoms with E-state index in [0.717, 1.165) is 12.8 Å². The predicted molar refractivity (Wildman–Crippen MR) is 76.8 cm³/mol. The van der Waals surface area contributed by atoms with E-state index in [2.05, 4.69) is 20.8 Å². The van der Waals surface area contributed by atoms with Crippen LogP contribution < -0.4 is 10.6 Å². The van der Waals surface area contributed by atoms with Crippen LogP contribution in [0.4, 0.5) is 4.79 Å². The van der Waals surface area contributed by atoms with Crippen molar-refractivity contribution < 1.29 is 14.1 Å². The van der Waals surface area contributed by atoms with Crippen LogP contribution >= 0.6 is 0 Å². The third-order valence-corrected chi connectivity index (χ3v) is 3.77. The average molecular weight is 296 g/mol. The molecule has 1 fully saturated rings. The van der Waals surface area contributed by atoms with E-state index in [4.69, 9.17) is 9.26 Å². The van der Waals surface area contributed by atoms with Crippen LogP contribution in [0.25, 0.3) is 0 Å². The van der Waals surface area contributed by atoms with Crippen LogP contribution in [0.5, 0.6) is 0 Å². The van der Waals surface area contributed by atoms with Gasteiger partial charge in [-0.1, -0.05) is 24.4 Å². The minimum Gasteiger partial charge on any atom is -0.374 e. The largest absolute Gasteiger partial charge is 0.374 e. The van der Waals surface area contributed by atoms with Gasteiger partial charge in [0.1, 0.15) is 6.10 Å². The Bertz CT molecular complexity index is 443. The van der Waals surface area contributed by atoms with E-state index in [1.54, 1.807) is 7.11 Å². The molecule has 1 saturated carbocycles. The zero-order valence-electron chi connectivity index (χ0n) is 12.7. The Balaban J connectivity index is 1.66. The summed E-state index contributed by atoms with van der Waals surface area (Å²) >= 11 is 0. The van der Waals surface area contributed by atoms with Gasteiger partial charge in [0.25, 0.3) is 0 Å². The van der Waals surface area contributed by atoms with Crippen LogP contribution in [0.1, 0.15) is 56.8 Å². The quantitative estimate of drug-likeness (QED) is 0.837. The molecule has 7 heteroatoms. The van der Waals surface area contributed by atoms with E-state index in [9.17, 15) is 4.79 Å². The number of aromatic nitrogens is 2. The van der Waals surface area contributed by atoms with Gasteiger partial charge in [0.05, 0.1) is 0 Å². The maximum Gasteiger partial charge on any atom is 0.315 e. The molecule has 2 N–H and O–H groups in total. The molecule has 1 aliphatic carbocycles. The van der Waals surface area contributed by atoms with Crippen LogP contribution in [0.15, 0.2) is 4.52 Å². The first-order chi connectivity index (χ1) is 10.2. The lowest BCUT2D eigenvalue weighted by molar-refractivity contribution is 0.109. The number of methoxy groups -OCH3 is 1. The number of carbonyl (C=O) groups is 1. The molecule has 1 aromatic heterocycles. The summed E-state index contributed by atoms with van der Waals surface area (Å²) in [4.78, 5) is 16.0. The molecule has 0 aliphatic heterocycles. The SMILES string of the molecule is CO[C@@H](C)c1noc(CCNC(=O)NC2CCCCC2)n1. The van der Waals surface area contributed by atoms with Gasteiger partial charge in [-0.3, -0.25) is 0 Å². The van der Waals surface area contributed by atoms with Crippen molar-refractivity contribution in [2.45, 2.75) is 57.6 Å². The second-order valence-electron chi connectivity index (χ2n) is 5.41. The van der Waals surface area contributed by atoms with Gasteiger partial charge in [0.2, 0.25) is 5.89 Å². The standard InChI is InChI=1S/C14H24N4O3/c1-10(20-2)13-17-12(21-18-13)8-9-15-14(19)16-11-6-4-3-5-7-11/h10-11H,3-9H2,1-2H3,(H2,15,16,19)/t10-/m0/s1. The van der Waals surface area contributed by atoms with Crippen molar-refractivity contribution in [3.05, 3.63) is 11.7 Å². The van der Waals surface area contributed by atoms with Gasteiger partial charge in [0.15, 0.2) is 5.82 Å². The zero-order chi connectivity index (χ0) is 15.1. The van der Waals surface area contributed by atoms with Gasteiger partial charge in [0, 0.05) is 26.1 Å². The number of ether oxygens (including phenoxy) is 1. The molecule has 0 aromatic carbocycles. The molecule has 1 heterocycles. The highest BCUT2D eigenvalue weighted by molar-refractivity contribution is 5.74. The van der Waals surface area contributed by atoms with Gasteiger partial charge in [-0.2, -0.15) is 4.98 Å². The topological polar surface area (TPSA) is 89.3 Å². The first-order valence-electron chi connectivity index (χ1n) is 7.58. The van der Waals surface area contributed by atoms with E-state index < -0.39 is 0 Å². The van der Waals surface area contributed by atoms with Crippen molar-refractivity contribution in [1.82, 2.24) is 20.8 Å². The highest BCUT2D eigenvalue weighted by Crippen LogP contribution is 2.17. The number of rotatable bonds is 6. The molecule has 118 valence electrons. The normalized spacial score (nSPS) is 17.4. The first kappa shape index (κ1) is 15.8. The van der Waals surface area contributed by atoms with Crippen molar-refractivity contribution in [1.29, 1.82) is 0 Å². The van der Waals surface area contributed by atoms with Crippen LogP contribution in [0.2, 0.25) is 0 Å². The number of urea groups is 1. The van der Waals surface area contributed by atoms with Crippen molar-refractivity contribution >= 4 is 6.03 Å². The molecule has 7 nitrogen and oxygen atoms in total. The Kier molecular flexibility index (Phi) is 5.98. The summed E-state index contributed by atoms with van der Waals surface area (Å²) in [5.74, 6) is 1.03. The molecule has 0 spiro atoms. The molecule has 1 aromatic rings. The van der Waals surface area contributed by atoms with Crippen molar-refractivity contribution in [3.8, 4) is 0 Å². The predicted octanol–water partition coefficient (Wildman–Crippen LogP) is 1.95. The second-order valence-corrected chi connectivity index (χ2v) is 5.41. The van der Waals surface area contributed by atoms with Crippen LogP contribution in [-0.2, 0) is 11.2 Å². The summed E-state index contributed by atoms with van der Waals surface area (Å²) in [6.45, 7) is 2.33. The minimum atomic E-state index is -0.190. The number of amides is 2. The Morgan fingerprint density at radius 1 is 1.43 bits per heavy atom. The molecule has 0 radical (unpaired) electrons. The molecule has 0 unspecified atom stereocenters. The summed E-state index contributed by atoms with van der Waals surface area (Å²) in [7, 11) is 1.60. The minimum absolute atomic E-state index is 0.119. The summed E-state index contributed by atoms with van der Waals surface area (Å²) in [5.41, 5.74) is 0. The van der Waals surface area contributed by atoms with E-state index in [1.165, 1.54) is 19.3 Å². The molecule has 0 saturated heterocycles. The molecule has 0 bridgehead atoms.